The number of hydrogen-bond acceptors (Lipinski definition) is 5. The van der Waals surface area contributed by atoms with Gasteiger partial charge in [-0.15, -0.1) is 10.2 Å². The van der Waals surface area contributed by atoms with Crippen LogP contribution in [0.4, 0.5) is 0 Å². The van der Waals surface area contributed by atoms with Crippen LogP contribution in [0, 0.1) is 0 Å². The molecular weight excluding hydrogens is 342 g/mol. The van der Waals surface area contributed by atoms with Crippen molar-refractivity contribution in [1.29, 1.82) is 0 Å². The summed E-state index contributed by atoms with van der Waals surface area (Å²) in [7, 11) is 0. The lowest BCUT2D eigenvalue weighted by Gasteiger charge is -2.10. The third-order valence-electron chi connectivity index (χ3n) is 3.90. The molecule has 6 heteroatoms. The number of nitrogens with zero attached hydrogens (tertiary/aromatic N) is 5. The van der Waals surface area contributed by atoms with E-state index < -0.39 is 0 Å². The molecular formula is C20H17N5S. The number of hydrogen-bond donors (Lipinski definition) is 0. The predicted octanol–water partition coefficient (Wildman–Crippen LogP) is 4.08. The molecule has 0 N–H and O–H groups in total. The van der Waals surface area contributed by atoms with Crippen molar-refractivity contribution in [3.05, 3.63) is 90.5 Å². The highest BCUT2D eigenvalue weighted by Gasteiger charge is 2.15. The molecule has 0 aliphatic rings. The van der Waals surface area contributed by atoms with Gasteiger partial charge in [0.2, 0.25) is 0 Å². The minimum Gasteiger partial charge on any atom is -0.297 e. The van der Waals surface area contributed by atoms with Crippen molar-refractivity contribution in [2.45, 2.75) is 17.5 Å². The maximum Gasteiger partial charge on any atom is 0.192 e. The van der Waals surface area contributed by atoms with E-state index in [1.165, 1.54) is 5.56 Å². The van der Waals surface area contributed by atoms with Crippen molar-refractivity contribution in [1.82, 2.24) is 24.7 Å². The summed E-state index contributed by atoms with van der Waals surface area (Å²) >= 11 is 1.64. The number of pyridine rings is 2. The minimum absolute atomic E-state index is 0.711. The first-order chi connectivity index (χ1) is 12.9. The zero-order valence-corrected chi connectivity index (χ0v) is 14.9. The lowest BCUT2D eigenvalue weighted by molar-refractivity contribution is 0.714. The predicted molar refractivity (Wildman–Crippen MR) is 103 cm³/mol. The van der Waals surface area contributed by atoms with Gasteiger partial charge in [-0.05, 0) is 29.8 Å². The van der Waals surface area contributed by atoms with Crippen LogP contribution in [-0.4, -0.2) is 24.7 Å². The van der Waals surface area contributed by atoms with E-state index in [1.807, 2.05) is 60.9 Å². The van der Waals surface area contributed by atoms with Crippen LogP contribution in [0.3, 0.4) is 0 Å². The van der Waals surface area contributed by atoms with Gasteiger partial charge in [-0.25, -0.2) is 0 Å². The number of rotatable bonds is 6. The highest BCUT2D eigenvalue weighted by Crippen LogP contribution is 2.26. The molecule has 0 amide bonds. The molecule has 1 aromatic carbocycles. The Bertz CT molecular complexity index is 955. The molecule has 4 rings (SSSR count). The highest BCUT2D eigenvalue weighted by molar-refractivity contribution is 7.98. The molecule has 0 atom stereocenters. The molecule has 3 heterocycles. The first-order valence-electron chi connectivity index (χ1n) is 8.30. The van der Waals surface area contributed by atoms with Crippen LogP contribution in [-0.2, 0) is 12.3 Å². The van der Waals surface area contributed by atoms with Gasteiger partial charge in [-0.2, -0.15) is 0 Å². The van der Waals surface area contributed by atoms with Crippen LogP contribution in [0.15, 0.2) is 84.4 Å². The molecule has 0 bridgehead atoms. The third kappa shape index (κ3) is 3.81. The molecule has 0 unspecified atom stereocenters. The Balaban J connectivity index is 1.66. The van der Waals surface area contributed by atoms with Crippen molar-refractivity contribution in [2.75, 3.05) is 0 Å². The Labute approximate surface area is 156 Å². The van der Waals surface area contributed by atoms with E-state index in [0.717, 1.165) is 28.0 Å². The Morgan fingerprint density at radius 3 is 2.50 bits per heavy atom. The second-order valence-electron chi connectivity index (χ2n) is 5.73. The summed E-state index contributed by atoms with van der Waals surface area (Å²) in [6, 6.07) is 20.2. The van der Waals surface area contributed by atoms with E-state index in [4.69, 9.17) is 0 Å². The Morgan fingerprint density at radius 1 is 0.846 bits per heavy atom. The molecule has 0 spiro atoms. The first kappa shape index (κ1) is 16.5. The molecule has 5 nitrogen and oxygen atoms in total. The van der Waals surface area contributed by atoms with Crippen LogP contribution in [0.5, 0.6) is 0 Å². The van der Waals surface area contributed by atoms with Gasteiger partial charge in [0.1, 0.15) is 0 Å². The van der Waals surface area contributed by atoms with Crippen molar-refractivity contribution in [2.24, 2.45) is 0 Å². The maximum absolute atomic E-state index is 4.43. The number of benzene rings is 1. The summed E-state index contributed by atoms with van der Waals surface area (Å²) in [5.74, 6) is 1.58. The van der Waals surface area contributed by atoms with Crippen molar-refractivity contribution in [3.8, 4) is 11.4 Å². The Morgan fingerprint density at radius 2 is 1.73 bits per heavy atom. The van der Waals surface area contributed by atoms with Gasteiger partial charge in [-0.1, -0.05) is 48.2 Å². The summed E-state index contributed by atoms with van der Waals surface area (Å²) in [5, 5.41) is 9.72. The SMILES string of the molecule is c1ccc(Cn2c(SCc3ccccn3)nnc2-c2cccnc2)cc1. The highest BCUT2D eigenvalue weighted by atomic mass is 32.2. The largest absolute Gasteiger partial charge is 0.297 e. The molecule has 0 saturated heterocycles. The van der Waals surface area contributed by atoms with Crippen LogP contribution in [0.1, 0.15) is 11.3 Å². The van der Waals surface area contributed by atoms with Gasteiger partial charge in [-0.3, -0.25) is 14.5 Å². The van der Waals surface area contributed by atoms with Crippen LogP contribution < -0.4 is 0 Å². The van der Waals surface area contributed by atoms with Gasteiger partial charge in [0, 0.05) is 29.9 Å². The molecule has 4 aromatic rings. The van der Waals surface area contributed by atoms with Gasteiger partial charge in [0.05, 0.1) is 12.2 Å². The summed E-state index contributed by atoms with van der Waals surface area (Å²) in [5.41, 5.74) is 3.19. The topological polar surface area (TPSA) is 56.5 Å². The second kappa shape index (κ2) is 7.93. The van der Waals surface area contributed by atoms with E-state index in [9.17, 15) is 0 Å². The number of thioether (sulfide) groups is 1. The van der Waals surface area contributed by atoms with Crippen LogP contribution in [0.2, 0.25) is 0 Å². The molecule has 128 valence electrons. The Hall–Kier alpha value is -2.99. The first-order valence-corrected chi connectivity index (χ1v) is 9.29. The van der Waals surface area contributed by atoms with Gasteiger partial charge in [0.15, 0.2) is 11.0 Å². The smallest absolute Gasteiger partial charge is 0.192 e. The van der Waals surface area contributed by atoms with Crippen molar-refractivity contribution < 1.29 is 0 Å². The summed E-state index contributed by atoms with van der Waals surface area (Å²) < 4.78 is 2.14. The third-order valence-corrected chi connectivity index (χ3v) is 4.90. The number of aromatic nitrogens is 5. The van der Waals surface area contributed by atoms with Gasteiger partial charge in [0.25, 0.3) is 0 Å². The van der Waals surface area contributed by atoms with Crippen LogP contribution in [0.25, 0.3) is 11.4 Å². The average molecular weight is 359 g/mol. The quantitative estimate of drug-likeness (QED) is 0.486. The van der Waals surface area contributed by atoms with E-state index in [-0.39, 0.29) is 0 Å². The fourth-order valence-corrected chi connectivity index (χ4v) is 3.49. The average Bonchev–Trinajstić information content (AvgIpc) is 3.11. The van der Waals surface area contributed by atoms with Gasteiger partial charge < -0.3 is 0 Å². The molecule has 26 heavy (non-hydrogen) atoms. The summed E-state index contributed by atoms with van der Waals surface area (Å²) in [6.45, 7) is 0.711. The fraction of sp³-hybridized carbons (Fsp3) is 0.100. The zero-order valence-electron chi connectivity index (χ0n) is 14.1. The molecule has 0 aliphatic heterocycles. The standard InChI is InChI=1S/C20H17N5S/c1-2-7-16(8-3-1)14-25-19(17-9-6-11-21-13-17)23-24-20(25)26-15-18-10-4-5-12-22-18/h1-13H,14-15H2. The minimum atomic E-state index is 0.711. The fourth-order valence-electron chi connectivity index (χ4n) is 2.63. The van der Waals surface area contributed by atoms with E-state index in [2.05, 4.69) is 36.9 Å². The monoisotopic (exact) mass is 359 g/mol. The van der Waals surface area contributed by atoms with Crippen molar-refractivity contribution >= 4 is 11.8 Å². The lowest BCUT2D eigenvalue weighted by Crippen LogP contribution is -2.04. The van der Waals surface area contributed by atoms with Crippen LogP contribution >= 0.6 is 11.8 Å². The summed E-state index contributed by atoms with van der Waals surface area (Å²) in [6.07, 6.45) is 5.39. The Kier molecular flexibility index (Phi) is 5.02. The molecule has 0 fully saturated rings. The van der Waals surface area contributed by atoms with E-state index >= 15 is 0 Å². The molecule has 0 saturated carbocycles. The van der Waals surface area contributed by atoms with Crippen molar-refractivity contribution in [3.63, 3.8) is 0 Å². The maximum atomic E-state index is 4.43. The molecule has 3 aromatic heterocycles. The van der Waals surface area contributed by atoms with E-state index in [1.54, 1.807) is 18.0 Å². The lowest BCUT2D eigenvalue weighted by atomic mass is 10.2. The second-order valence-corrected chi connectivity index (χ2v) is 6.67. The molecule has 0 radical (unpaired) electrons. The van der Waals surface area contributed by atoms with Gasteiger partial charge >= 0.3 is 0 Å². The molecule has 0 aliphatic carbocycles. The normalized spacial score (nSPS) is 10.8. The summed E-state index contributed by atoms with van der Waals surface area (Å²) in [4.78, 5) is 8.60. The zero-order chi connectivity index (χ0) is 17.6. The van der Waals surface area contributed by atoms with E-state index in [0.29, 0.717) is 6.54 Å².